The minimum Gasteiger partial charge on any atom is -0.511 e. The van der Waals surface area contributed by atoms with Crippen LogP contribution in [0.2, 0.25) is 0 Å². The molecule has 172 valence electrons. The summed E-state index contributed by atoms with van der Waals surface area (Å²) in [5, 5.41) is 32.2. The number of hydrogen-bond donors (Lipinski definition) is 3. The van der Waals surface area contributed by atoms with Crippen molar-refractivity contribution in [2.75, 3.05) is 0 Å². The van der Waals surface area contributed by atoms with E-state index in [9.17, 15) is 29.7 Å². The highest BCUT2D eigenvalue weighted by Crippen LogP contribution is 2.50. The molecule has 0 aromatic heterocycles. The third-order valence-electron chi connectivity index (χ3n) is 7.27. The molecule has 0 aliphatic heterocycles. The highest BCUT2D eigenvalue weighted by Gasteiger charge is 2.50. The van der Waals surface area contributed by atoms with Crippen molar-refractivity contribution in [3.63, 3.8) is 0 Å². The van der Waals surface area contributed by atoms with E-state index in [0.717, 1.165) is 30.4 Å². The van der Waals surface area contributed by atoms with Crippen LogP contribution in [-0.2, 0) is 20.8 Å². The van der Waals surface area contributed by atoms with Crippen molar-refractivity contribution in [3.05, 3.63) is 51.3 Å². The van der Waals surface area contributed by atoms with Crippen molar-refractivity contribution in [1.29, 1.82) is 0 Å². The second kappa shape index (κ2) is 7.74. The van der Waals surface area contributed by atoms with Crippen LogP contribution in [0.1, 0.15) is 58.6 Å². The molecule has 1 aromatic carbocycles. The van der Waals surface area contributed by atoms with Gasteiger partial charge in [-0.2, -0.15) is 0 Å². The molecule has 0 saturated heterocycles. The van der Waals surface area contributed by atoms with Gasteiger partial charge in [0.25, 0.3) is 0 Å². The quantitative estimate of drug-likeness (QED) is 0.597. The van der Waals surface area contributed by atoms with E-state index in [2.05, 4.69) is 6.08 Å². The number of ketones is 3. The molecule has 2 saturated carbocycles. The first-order chi connectivity index (χ1) is 14.8. The number of phenols is 1. The fraction of sp³-hybridized carbons (Fsp3) is 0.400. The summed E-state index contributed by atoms with van der Waals surface area (Å²) < 4.78 is 0. The normalized spacial score (nSPS) is 26.5. The van der Waals surface area contributed by atoms with Crippen LogP contribution in [0, 0.1) is 17.8 Å². The van der Waals surface area contributed by atoms with E-state index in [4.69, 9.17) is 0 Å². The summed E-state index contributed by atoms with van der Waals surface area (Å²) in [6.45, 7) is 1.20. The molecule has 1 aromatic rings. The first-order valence-electron chi connectivity index (χ1n) is 10.8. The summed E-state index contributed by atoms with van der Waals surface area (Å²) in [5.74, 6) is -3.99. The molecule has 7 heteroatoms. The van der Waals surface area contributed by atoms with Gasteiger partial charge in [-0.05, 0) is 68.1 Å². The second-order valence-corrected chi connectivity index (χ2v) is 9.13. The minimum atomic E-state index is -1.01. The predicted molar refractivity (Wildman–Crippen MR) is 121 cm³/mol. The molecule has 0 amide bonds. The van der Waals surface area contributed by atoms with Gasteiger partial charge in [-0.25, -0.2) is 0 Å². The molecular formula is C25H30O7. The number of hydrogen-bond acceptors (Lipinski definition) is 6. The lowest BCUT2D eigenvalue weighted by Crippen LogP contribution is -2.43. The van der Waals surface area contributed by atoms with Crippen LogP contribution in [0.5, 0.6) is 5.75 Å². The van der Waals surface area contributed by atoms with E-state index in [-0.39, 0.29) is 48.9 Å². The lowest BCUT2D eigenvalue weighted by molar-refractivity contribution is -0.127. The monoisotopic (exact) mass is 442 g/mol. The van der Waals surface area contributed by atoms with Gasteiger partial charge in [-0.3, -0.25) is 14.4 Å². The molecule has 0 bridgehead atoms. The number of carbonyl (C=O) groups excluding carboxylic acids is 3. The molecule has 3 unspecified atom stereocenters. The maximum atomic E-state index is 13.4. The molecule has 5 rings (SSSR count). The molecule has 0 spiro atoms. The minimum absolute atomic E-state index is 0. The average molecular weight is 443 g/mol. The maximum Gasteiger partial charge on any atom is 0.173 e. The number of carbonyl (C=O) groups is 3. The van der Waals surface area contributed by atoms with Crippen LogP contribution < -0.4 is 0 Å². The van der Waals surface area contributed by atoms with Crippen molar-refractivity contribution in [1.82, 2.24) is 0 Å². The third kappa shape index (κ3) is 3.11. The Morgan fingerprint density at radius 1 is 1.12 bits per heavy atom. The van der Waals surface area contributed by atoms with E-state index in [1.165, 1.54) is 18.6 Å². The molecule has 4 aliphatic rings. The number of allylic oxidation sites excluding steroid dienone is 4. The Balaban J connectivity index is 0.00000136. The molecule has 2 fully saturated rings. The van der Waals surface area contributed by atoms with Crippen LogP contribution in [0.3, 0.4) is 0 Å². The summed E-state index contributed by atoms with van der Waals surface area (Å²) in [5.41, 5.74) is 3.22. The van der Waals surface area contributed by atoms with Crippen molar-refractivity contribution in [2.24, 2.45) is 17.8 Å². The van der Waals surface area contributed by atoms with E-state index < -0.39 is 34.9 Å². The zero-order valence-corrected chi connectivity index (χ0v) is 17.8. The summed E-state index contributed by atoms with van der Waals surface area (Å²) in [4.78, 5) is 37.7. The van der Waals surface area contributed by atoms with Gasteiger partial charge < -0.3 is 20.8 Å². The first kappa shape index (κ1) is 22.0. The van der Waals surface area contributed by atoms with Crippen LogP contribution in [0.25, 0.3) is 11.8 Å². The van der Waals surface area contributed by atoms with Crippen molar-refractivity contribution in [2.45, 2.75) is 45.4 Å². The van der Waals surface area contributed by atoms with Crippen LogP contribution in [-0.4, -0.2) is 38.1 Å². The number of rotatable bonds is 2. The van der Waals surface area contributed by atoms with E-state index in [0.29, 0.717) is 12.8 Å². The Hall–Kier alpha value is -3.19. The fourth-order valence-electron chi connectivity index (χ4n) is 5.66. The zero-order chi connectivity index (χ0) is 22.0. The molecule has 0 heterocycles. The smallest absolute Gasteiger partial charge is 0.173 e. The van der Waals surface area contributed by atoms with Crippen molar-refractivity contribution < 1.29 is 38.0 Å². The maximum absolute atomic E-state index is 13.4. The lowest BCUT2D eigenvalue weighted by Gasteiger charge is -2.41. The molecule has 32 heavy (non-hydrogen) atoms. The number of aliphatic hydroxyl groups is 2. The van der Waals surface area contributed by atoms with Gasteiger partial charge in [-0.1, -0.05) is 17.7 Å². The summed E-state index contributed by atoms with van der Waals surface area (Å²) in [6.07, 6.45) is 6.29. The molecule has 0 radical (unpaired) electrons. The van der Waals surface area contributed by atoms with Crippen molar-refractivity contribution in [3.8, 4) is 5.75 Å². The van der Waals surface area contributed by atoms with Gasteiger partial charge in [0.05, 0.1) is 17.1 Å². The number of aliphatic hydroxyl groups excluding tert-OH is 2. The molecule has 7 nitrogen and oxygen atoms in total. The lowest BCUT2D eigenvalue weighted by atomic mass is 9.61. The largest absolute Gasteiger partial charge is 0.511 e. The molecular weight excluding hydrogens is 412 g/mol. The van der Waals surface area contributed by atoms with Crippen LogP contribution in [0.15, 0.2) is 34.6 Å². The number of aromatic hydroxyl groups is 1. The zero-order valence-electron chi connectivity index (χ0n) is 17.8. The Labute approximate surface area is 188 Å². The Bertz CT molecular complexity index is 1160. The fourth-order valence-corrected chi connectivity index (χ4v) is 5.66. The van der Waals surface area contributed by atoms with Crippen molar-refractivity contribution >= 4 is 29.2 Å². The number of phenolic OH excluding ortho intramolecular Hbond substituents is 1. The average Bonchev–Trinajstić information content (AvgIpc) is 2.65. The molecule has 3 atom stereocenters. The number of Topliss-reactive ketones (excluding diaryl/α,β-unsaturated/α-hetero) is 3. The second-order valence-electron chi connectivity index (χ2n) is 9.13. The highest BCUT2D eigenvalue weighted by atomic mass is 16.3. The Morgan fingerprint density at radius 2 is 1.84 bits per heavy atom. The SMILES string of the molecule is CC(=O)C1=C(O)C2C(=O)C3=C(O)c4c(O)ccc(C=C5CCC5)c4CC3CC2CC1=O.O.[HH].[HH]. The van der Waals surface area contributed by atoms with Gasteiger partial charge >= 0.3 is 0 Å². The number of fused-ring (bicyclic) bond motifs is 3. The van der Waals surface area contributed by atoms with Crippen LogP contribution >= 0.6 is 0 Å². The topological polar surface area (TPSA) is 143 Å². The first-order valence-corrected chi connectivity index (χ1v) is 10.8. The molecule has 5 N–H and O–H groups in total. The van der Waals surface area contributed by atoms with Crippen LogP contribution in [0.4, 0.5) is 0 Å². The van der Waals surface area contributed by atoms with E-state index >= 15 is 0 Å². The van der Waals surface area contributed by atoms with E-state index in [1.807, 2.05) is 6.07 Å². The Morgan fingerprint density at radius 3 is 2.47 bits per heavy atom. The standard InChI is InChI=1S/C25H24O6.H2O.2H2/c1-11(26)19-18(28)10-15-8-14-9-16-13(7-12-3-2-4-12)5-6-17(27)22(16)25(31)20(14)24(30)21(15)23(19)29;;;/h5-7,14-15,21,27,29,31H,2-4,8-10H2,1H3;1H2;2*1H. The summed E-state index contributed by atoms with van der Waals surface area (Å²) in [6, 6.07) is 3.37. The summed E-state index contributed by atoms with van der Waals surface area (Å²) >= 11 is 0. The van der Waals surface area contributed by atoms with Gasteiger partial charge in [0, 0.05) is 14.8 Å². The third-order valence-corrected chi connectivity index (χ3v) is 7.27. The Kier molecular flexibility index (Phi) is 5.33. The predicted octanol–water partition coefficient (Wildman–Crippen LogP) is 3.65. The molecule has 4 aliphatic carbocycles. The van der Waals surface area contributed by atoms with Gasteiger partial charge in [0.2, 0.25) is 0 Å². The number of benzene rings is 1. The summed E-state index contributed by atoms with van der Waals surface area (Å²) in [7, 11) is 0. The van der Waals surface area contributed by atoms with E-state index in [1.54, 1.807) is 0 Å². The van der Waals surface area contributed by atoms with Gasteiger partial charge in [0.15, 0.2) is 17.3 Å². The van der Waals surface area contributed by atoms with Gasteiger partial charge in [-0.15, -0.1) is 0 Å². The highest BCUT2D eigenvalue weighted by molar-refractivity contribution is 6.21. The van der Waals surface area contributed by atoms with Gasteiger partial charge in [0.1, 0.15) is 17.3 Å².